The standard InChI is InChI=1S/C8H12N4OS/c1-5-4-9-8(14-3)10-7(5)12-11-6(2)13/h4H,1-3H3,(H,11,13)(H,9,10,12). The van der Waals surface area contributed by atoms with Crippen molar-refractivity contribution in [2.45, 2.75) is 19.0 Å². The van der Waals surface area contributed by atoms with Crippen molar-refractivity contribution in [1.82, 2.24) is 15.4 Å². The Morgan fingerprint density at radius 2 is 2.29 bits per heavy atom. The van der Waals surface area contributed by atoms with Crippen LogP contribution in [-0.2, 0) is 4.79 Å². The minimum atomic E-state index is -0.159. The van der Waals surface area contributed by atoms with Gasteiger partial charge in [-0.05, 0) is 13.2 Å². The smallest absolute Gasteiger partial charge is 0.235 e. The normalized spacial score (nSPS) is 9.64. The molecule has 1 amide bonds. The first-order valence-corrected chi connectivity index (χ1v) is 5.26. The van der Waals surface area contributed by atoms with Gasteiger partial charge in [-0.1, -0.05) is 11.8 Å². The first-order valence-electron chi connectivity index (χ1n) is 4.03. The number of rotatable bonds is 3. The Morgan fingerprint density at radius 1 is 1.57 bits per heavy atom. The van der Waals surface area contributed by atoms with Crippen LogP contribution in [-0.4, -0.2) is 22.1 Å². The first-order chi connectivity index (χ1) is 6.63. The van der Waals surface area contributed by atoms with E-state index in [1.807, 2.05) is 13.2 Å². The van der Waals surface area contributed by atoms with Crippen LogP contribution >= 0.6 is 11.8 Å². The summed E-state index contributed by atoms with van der Waals surface area (Å²) in [5, 5.41) is 0.670. The lowest BCUT2D eigenvalue weighted by molar-refractivity contribution is -0.118. The molecule has 0 aliphatic heterocycles. The van der Waals surface area contributed by atoms with E-state index in [2.05, 4.69) is 20.8 Å². The van der Waals surface area contributed by atoms with Crippen molar-refractivity contribution in [3.8, 4) is 0 Å². The summed E-state index contributed by atoms with van der Waals surface area (Å²) in [6.45, 7) is 3.30. The molecule has 76 valence electrons. The lowest BCUT2D eigenvalue weighted by Gasteiger charge is -2.08. The predicted octanol–water partition coefficient (Wildman–Crippen LogP) is 0.970. The molecule has 0 saturated carbocycles. The van der Waals surface area contributed by atoms with Crippen molar-refractivity contribution in [2.24, 2.45) is 0 Å². The van der Waals surface area contributed by atoms with Crippen LogP contribution in [0.15, 0.2) is 11.4 Å². The third-order valence-electron chi connectivity index (χ3n) is 1.49. The summed E-state index contributed by atoms with van der Waals surface area (Å²) in [4.78, 5) is 18.9. The van der Waals surface area contributed by atoms with E-state index in [0.29, 0.717) is 11.0 Å². The number of nitrogens with zero attached hydrogens (tertiary/aromatic N) is 2. The van der Waals surface area contributed by atoms with Crippen molar-refractivity contribution in [1.29, 1.82) is 0 Å². The maximum Gasteiger partial charge on any atom is 0.235 e. The molecule has 1 heterocycles. The molecule has 0 unspecified atom stereocenters. The molecular formula is C8H12N4OS. The highest BCUT2D eigenvalue weighted by atomic mass is 32.2. The molecule has 0 aliphatic rings. The first kappa shape index (κ1) is 10.8. The fourth-order valence-corrected chi connectivity index (χ4v) is 1.14. The summed E-state index contributed by atoms with van der Waals surface area (Å²) in [6, 6.07) is 0. The molecule has 14 heavy (non-hydrogen) atoms. The zero-order valence-electron chi connectivity index (χ0n) is 8.29. The number of thioether (sulfide) groups is 1. The maximum absolute atomic E-state index is 10.7. The van der Waals surface area contributed by atoms with Gasteiger partial charge in [-0.2, -0.15) is 0 Å². The third-order valence-corrected chi connectivity index (χ3v) is 2.05. The molecule has 0 aromatic carbocycles. The molecule has 0 fully saturated rings. The van der Waals surface area contributed by atoms with Crippen LogP contribution in [0.3, 0.4) is 0 Å². The molecule has 1 aromatic rings. The Bertz CT molecular complexity index is 342. The molecule has 0 spiro atoms. The second-order valence-corrected chi connectivity index (χ2v) is 3.47. The summed E-state index contributed by atoms with van der Waals surface area (Å²) in [7, 11) is 0. The molecule has 0 radical (unpaired) electrons. The van der Waals surface area contributed by atoms with Crippen LogP contribution in [0.25, 0.3) is 0 Å². The number of hydrogen-bond acceptors (Lipinski definition) is 5. The van der Waals surface area contributed by atoms with Crippen LogP contribution in [0.4, 0.5) is 5.82 Å². The monoisotopic (exact) mass is 212 g/mol. The topological polar surface area (TPSA) is 66.9 Å². The lowest BCUT2D eigenvalue weighted by atomic mass is 10.3. The molecule has 0 aliphatic carbocycles. The Morgan fingerprint density at radius 3 is 2.86 bits per heavy atom. The van der Waals surface area contributed by atoms with Gasteiger partial charge < -0.3 is 0 Å². The lowest BCUT2D eigenvalue weighted by Crippen LogP contribution is -2.27. The minimum absolute atomic E-state index is 0.159. The van der Waals surface area contributed by atoms with E-state index in [1.165, 1.54) is 18.7 Å². The summed E-state index contributed by atoms with van der Waals surface area (Å²) in [5.74, 6) is 0.466. The number of nitrogens with one attached hydrogen (secondary N) is 2. The Balaban J connectivity index is 2.78. The van der Waals surface area contributed by atoms with Gasteiger partial charge in [0.1, 0.15) is 0 Å². The molecule has 5 nitrogen and oxygen atoms in total. The zero-order valence-corrected chi connectivity index (χ0v) is 9.10. The van der Waals surface area contributed by atoms with Crippen LogP contribution < -0.4 is 10.9 Å². The van der Waals surface area contributed by atoms with E-state index in [-0.39, 0.29) is 5.91 Å². The van der Waals surface area contributed by atoms with E-state index in [1.54, 1.807) is 6.20 Å². The Kier molecular flexibility index (Phi) is 3.70. The molecule has 1 aromatic heterocycles. The fourth-order valence-electron chi connectivity index (χ4n) is 0.798. The molecule has 0 atom stereocenters. The highest BCUT2D eigenvalue weighted by Gasteiger charge is 2.02. The SMILES string of the molecule is CSc1ncc(C)c(NNC(C)=O)n1. The van der Waals surface area contributed by atoms with E-state index in [9.17, 15) is 4.79 Å². The van der Waals surface area contributed by atoms with Gasteiger partial charge in [-0.3, -0.25) is 15.6 Å². The van der Waals surface area contributed by atoms with Gasteiger partial charge in [0.2, 0.25) is 5.91 Å². The van der Waals surface area contributed by atoms with Gasteiger partial charge >= 0.3 is 0 Å². The highest BCUT2D eigenvalue weighted by molar-refractivity contribution is 7.98. The number of hydrazine groups is 1. The Labute approximate surface area is 86.7 Å². The quantitative estimate of drug-likeness (QED) is 0.444. The van der Waals surface area contributed by atoms with Gasteiger partial charge in [-0.25, -0.2) is 9.97 Å². The minimum Gasteiger partial charge on any atom is -0.282 e. The van der Waals surface area contributed by atoms with E-state index in [0.717, 1.165) is 5.56 Å². The average Bonchev–Trinajstić information content (AvgIpc) is 2.16. The number of amides is 1. The van der Waals surface area contributed by atoms with Crippen molar-refractivity contribution in [3.63, 3.8) is 0 Å². The van der Waals surface area contributed by atoms with Crippen molar-refractivity contribution in [3.05, 3.63) is 11.8 Å². The van der Waals surface area contributed by atoms with E-state index >= 15 is 0 Å². The average molecular weight is 212 g/mol. The van der Waals surface area contributed by atoms with Crippen LogP contribution in [0.5, 0.6) is 0 Å². The number of aromatic nitrogens is 2. The molecular weight excluding hydrogens is 200 g/mol. The largest absolute Gasteiger partial charge is 0.282 e. The fraction of sp³-hybridized carbons (Fsp3) is 0.375. The zero-order chi connectivity index (χ0) is 10.6. The van der Waals surface area contributed by atoms with Gasteiger partial charge in [0.15, 0.2) is 11.0 Å². The van der Waals surface area contributed by atoms with Crippen molar-refractivity contribution in [2.75, 3.05) is 11.7 Å². The third kappa shape index (κ3) is 2.88. The van der Waals surface area contributed by atoms with Crippen molar-refractivity contribution < 1.29 is 4.79 Å². The van der Waals surface area contributed by atoms with Crippen LogP contribution in [0, 0.1) is 6.92 Å². The number of aryl methyl sites for hydroxylation is 1. The molecule has 2 N–H and O–H groups in total. The predicted molar refractivity (Wildman–Crippen MR) is 56.0 cm³/mol. The summed E-state index contributed by atoms with van der Waals surface area (Å²) in [5.41, 5.74) is 6.07. The maximum atomic E-state index is 10.7. The van der Waals surface area contributed by atoms with Gasteiger partial charge in [0.05, 0.1) is 0 Å². The molecule has 0 bridgehead atoms. The number of carbonyl (C=O) groups excluding carboxylic acids is 1. The summed E-state index contributed by atoms with van der Waals surface area (Å²) < 4.78 is 0. The van der Waals surface area contributed by atoms with E-state index < -0.39 is 0 Å². The number of anilines is 1. The van der Waals surface area contributed by atoms with Gasteiger partial charge in [0.25, 0.3) is 0 Å². The van der Waals surface area contributed by atoms with Gasteiger partial charge in [-0.15, -0.1) is 0 Å². The van der Waals surface area contributed by atoms with Gasteiger partial charge in [0, 0.05) is 18.7 Å². The second kappa shape index (κ2) is 4.80. The molecule has 0 saturated heterocycles. The molecule has 6 heteroatoms. The summed E-state index contributed by atoms with van der Waals surface area (Å²) in [6.07, 6.45) is 3.61. The second-order valence-electron chi connectivity index (χ2n) is 2.69. The Hall–Kier alpha value is -1.30. The van der Waals surface area contributed by atoms with Crippen LogP contribution in [0.2, 0.25) is 0 Å². The van der Waals surface area contributed by atoms with Crippen molar-refractivity contribution >= 4 is 23.5 Å². The molecule has 1 rings (SSSR count). The van der Waals surface area contributed by atoms with E-state index in [4.69, 9.17) is 0 Å². The van der Waals surface area contributed by atoms with Crippen LogP contribution in [0.1, 0.15) is 12.5 Å². The summed E-state index contributed by atoms with van der Waals surface area (Å²) >= 11 is 1.45. The highest BCUT2D eigenvalue weighted by Crippen LogP contribution is 2.14. The number of carbonyl (C=O) groups is 1. The number of hydrogen-bond donors (Lipinski definition) is 2.